The van der Waals surface area contributed by atoms with Crippen molar-refractivity contribution in [3.05, 3.63) is 24.0 Å². The minimum Gasteiger partial charge on any atom is -0.368 e. The molecule has 0 saturated heterocycles. The molecule has 0 atom stereocenters. The van der Waals surface area contributed by atoms with E-state index in [0.29, 0.717) is 17.9 Å². The molecule has 0 amide bonds. The number of nitrogens with one attached hydrogen (secondary N) is 1. The van der Waals surface area contributed by atoms with Gasteiger partial charge in [0.05, 0.1) is 0 Å². The second kappa shape index (κ2) is 5.37. The first-order valence-electron chi connectivity index (χ1n) is 4.87. The lowest BCUT2D eigenvalue weighted by Crippen LogP contribution is -2.33. The van der Waals surface area contributed by atoms with E-state index in [2.05, 4.69) is 16.9 Å². The van der Waals surface area contributed by atoms with Crippen LogP contribution in [0.5, 0.6) is 0 Å². The Kier molecular flexibility index (Phi) is 4.11. The van der Waals surface area contributed by atoms with E-state index in [1.54, 1.807) is 0 Å². The summed E-state index contributed by atoms with van der Waals surface area (Å²) < 4.78 is 0. The van der Waals surface area contributed by atoms with Crippen molar-refractivity contribution >= 4 is 12.5 Å². The van der Waals surface area contributed by atoms with Gasteiger partial charge in [-0.1, -0.05) is 6.58 Å². The van der Waals surface area contributed by atoms with E-state index in [1.165, 1.54) is 25.5 Å². The number of nitrogens with zero attached hydrogens (tertiary/aromatic N) is 1. The van der Waals surface area contributed by atoms with Gasteiger partial charge in [-0.2, -0.15) is 0 Å². The van der Waals surface area contributed by atoms with Gasteiger partial charge in [-0.05, 0) is 32.3 Å². The van der Waals surface area contributed by atoms with E-state index in [-0.39, 0.29) is 0 Å². The van der Waals surface area contributed by atoms with E-state index in [9.17, 15) is 4.79 Å². The van der Waals surface area contributed by atoms with E-state index in [4.69, 9.17) is 0 Å². The van der Waals surface area contributed by atoms with Gasteiger partial charge < -0.3 is 5.32 Å². The number of hydrogen-bond acceptors (Lipinski definition) is 3. The summed E-state index contributed by atoms with van der Waals surface area (Å²) in [6.45, 7) is 5.44. The number of carbonyl (C=O) groups excluding carboxylic acids is 1. The maximum Gasteiger partial charge on any atom is 0.151 e. The molecule has 14 heavy (non-hydrogen) atoms. The van der Waals surface area contributed by atoms with Crippen molar-refractivity contribution in [2.24, 2.45) is 4.99 Å². The van der Waals surface area contributed by atoms with Gasteiger partial charge in [0, 0.05) is 17.8 Å². The maximum absolute atomic E-state index is 10.3. The summed E-state index contributed by atoms with van der Waals surface area (Å²) >= 11 is 0. The molecule has 0 spiro atoms. The van der Waals surface area contributed by atoms with Crippen LogP contribution in [0.15, 0.2) is 29.0 Å². The minimum absolute atomic E-state index is 0.389. The summed E-state index contributed by atoms with van der Waals surface area (Å²) in [6, 6.07) is 0.558. The first kappa shape index (κ1) is 10.7. The predicted octanol–water partition coefficient (Wildman–Crippen LogP) is 1.82. The molecular formula is C11H16N2O. The smallest absolute Gasteiger partial charge is 0.151 e. The van der Waals surface area contributed by atoms with Crippen LogP contribution in [0.3, 0.4) is 0 Å². The molecule has 0 aliphatic heterocycles. The first-order valence-corrected chi connectivity index (χ1v) is 4.87. The van der Waals surface area contributed by atoms with E-state index < -0.39 is 0 Å². The van der Waals surface area contributed by atoms with E-state index in [1.807, 2.05) is 13.0 Å². The second-order valence-electron chi connectivity index (χ2n) is 3.40. The molecule has 1 N–H and O–H groups in total. The van der Waals surface area contributed by atoms with Crippen molar-refractivity contribution < 1.29 is 4.79 Å². The molecule has 3 heteroatoms. The highest BCUT2D eigenvalue weighted by atomic mass is 16.1. The van der Waals surface area contributed by atoms with E-state index >= 15 is 0 Å². The highest BCUT2D eigenvalue weighted by molar-refractivity contribution is 6.01. The molecule has 1 rings (SSSR count). The Labute approximate surface area is 84.6 Å². The van der Waals surface area contributed by atoms with Crippen molar-refractivity contribution in [2.75, 3.05) is 0 Å². The lowest BCUT2D eigenvalue weighted by Gasteiger charge is -2.27. The van der Waals surface area contributed by atoms with Gasteiger partial charge in [-0.3, -0.25) is 4.79 Å². The Morgan fingerprint density at radius 3 is 2.71 bits per heavy atom. The summed E-state index contributed by atoms with van der Waals surface area (Å²) in [6.07, 6.45) is 7.78. The fourth-order valence-corrected chi connectivity index (χ4v) is 1.14. The summed E-state index contributed by atoms with van der Waals surface area (Å²) in [7, 11) is 0. The van der Waals surface area contributed by atoms with Crippen LogP contribution in [-0.4, -0.2) is 18.5 Å². The first-order chi connectivity index (χ1) is 6.76. The predicted molar refractivity (Wildman–Crippen MR) is 58.2 cm³/mol. The molecule has 1 aliphatic rings. The van der Waals surface area contributed by atoms with Gasteiger partial charge in [0.25, 0.3) is 0 Å². The third-order valence-corrected chi connectivity index (χ3v) is 2.25. The van der Waals surface area contributed by atoms with Crippen LogP contribution in [0.4, 0.5) is 0 Å². The average molecular weight is 192 g/mol. The Balaban J connectivity index is 2.41. The normalized spacial score (nSPS) is 17.9. The monoisotopic (exact) mass is 192 g/mol. The van der Waals surface area contributed by atoms with Crippen LogP contribution in [0, 0.1) is 0 Å². The van der Waals surface area contributed by atoms with Crippen LogP contribution in [0.2, 0.25) is 0 Å². The lowest BCUT2D eigenvalue weighted by molar-refractivity contribution is -0.104. The molecule has 3 nitrogen and oxygen atoms in total. The van der Waals surface area contributed by atoms with Crippen LogP contribution < -0.4 is 5.32 Å². The molecule has 0 bridgehead atoms. The van der Waals surface area contributed by atoms with Crippen LogP contribution in [-0.2, 0) is 4.79 Å². The summed E-state index contributed by atoms with van der Waals surface area (Å²) in [5, 5.41) is 3.29. The summed E-state index contributed by atoms with van der Waals surface area (Å²) in [5.41, 5.74) is 0.389. The van der Waals surface area contributed by atoms with Gasteiger partial charge >= 0.3 is 0 Å². The molecule has 0 aromatic carbocycles. The van der Waals surface area contributed by atoms with Crippen molar-refractivity contribution in [1.82, 2.24) is 5.32 Å². The Morgan fingerprint density at radius 2 is 2.29 bits per heavy atom. The number of hydrogen-bond donors (Lipinski definition) is 1. The van der Waals surface area contributed by atoms with Gasteiger partial charge in [-0.15, -0.1) is 0 Å². The lowest BCUT2D eigenvalue weighted by atomic mass is 9.93. The van der Waals surface area contributed by atoms with Crippen LogP contribution in [0.1, 0.15) is 26.2 Å². The van der Waals surface area contributed by atoms with Gasteiger partial charge in [0.2, 0.25) is 0 Å². The molecule has 1 saturated carbocycles. The number of aliphatic imine (C=N–C) groups is 1. The average Bonchev–Trinajstić information content (AvgIpc) is 2.15. The summed E-state index contributed by atoms with van der Waals surface area (Å²) in [5.74, 6) is 0.817. The molecule has 0 heterocycles. The second-order valence-corrected chi connectivity index (χ2v) is 3.40. The Hall–Kier alpha value is -1.38. The third-order valence-electron chi connectivity index (χ3n) is 2.25. The highest BCUT2D eigenvalue weighted by Crippen LogP contribution is 2.19. The molecule has 1 aliphatic carbocycles. The molecule has 0 unspecified atom stereocenters. The molecule has 0 aromatic rings. The number of carbonyl (C=O) groups is 1. The molecule has 1 fully saturated rings. The quantitative estimate of drug-likeness (QED) is 0.410. The van der Waals surface area contributed by atoms with Gasteiger partial charge in [-0.25, -0.2) is 4.99 Å². The third kappa shape index (κ3) is 3.17. The standard InChI is InChI=1S/C11H16N2O/c1-3-11(12-7-9(2)8-14)13-10-5-4-6-10/h3,7-8,10,13H,2,4-6H2,1H3/b11-3+,12-7-. The van der Waals surface area contributed by atoms with Crippen molar-refractivity contribution in [2.45, 2.75) is 32.2 Å². The van der Waals surface area contributed by atoms with Crippen molar-refractivity contribution in [3.8, 4) is 0 Å². The number of rotatable bonds is 5. The van der Waals surface area contributed by atoms with Crippen LogP contribution in [0.25, 0.3) is 0 Å². The fraction of sp³-hybridized carbons (Fsp3) is 0.455. The molecular weight excluding hydrogens is 176 g/mol. The topological polar surface area (TPSA) is 41.5 Å². The largest absolute Gasteiger partial charge is 0.368 e. The highest BCUT2D eigenvalue weighted by Gasteiger charge is 2.16. The zero-order valence-corrected chi connectivity index (χ0v) is 8.49. The molecule has 76 valence electrons. The molecule has 0 radical (unpaired) electrons. The minimum atomic E-state index is 0.389. The van der Waals surface area contributed by atoms with Gasteiger partial charge in [0.1, 0.15) is 5.82 Å². The van der Waals surface area contributed by atoms with Crippen molar-refractivity contribution in [1.29, 1.82) is 0 Å². The van der Waals surface area contributed by atoms with Gasteiger partial charge in [0.15, 0.2) is 6.29 Å². The van der Waals surface area contributed by atoms with E-state index in [0.717, 1.165) is 5.82 Å². The number of aldehydes is 1. The SMILES string of the molecule is C=C(C=O)/C=N\C(=C/C)NC1CCC1. The number of allylic oxidation sites excluding steroid dienone is 2. The zero-order valence-electron chi connectivity index (χ0n) is 8.49. The zero-order chi connectivity index (χ0) is 10.4. The van der Waals surface area contributed by atoms with Crippen molar-refractivity contribution in [3.63, 3.8) is 0 Å². The summed E-state index contributed by atoms with van der Waals surface area (Å²) in [4.78, 5) is 14.4. The maximum atomic E-state index is 10.3. The molecule has 0 aromatic heterocycles. The Morgan fingerprint density at radius 1 is 1.57 bits per heavy atom. The fourth-order valence-electron chi connectivity index (χ4n) is 1.14. The van der Waals surface area contributed by atoms with Crippen LogP contribution >= 0.6 is 0 Å². The Bertz CT molecular complexity index is 275.